The molecule has 0 aromatic carbocycles. The first kappa shape index (κ1) is 10.9. The van der Waals surface area contributed by atoms with Crippen LogP contribution in [-0.2, 0) is 5.54 Å². The third-order valence-corrected chi connectivity index (χ3v) is 4.46. The monoisotopic (exact) mass is 245 g/mol. The van der Waals surface area contributed by atoms with Crippen molar-refractivity contribution in [3.63, 3.8) is 0 Å². The summed E-state index contributed by atoms with van der Waals surface area (Å²) in [6.07, 6.45) is 8.16. The van der Waals surface area contributed by atoms with Crippen molar-refractivity contribution < 1.29 is 0 Å². The van der Waals surface area contributed by atoms with Crippen LogP contribution in [0.3, 0.4) is 0 Å². The molecule has 1 fully saturated rings. The van der Waals surface area contributed by atoms with Crippen LogP contribution >= 0.6 is 11.3 Å². The summed E-state index contributed by atoms with van der Waals surface area (Å²) in [5.74, 6) is 0. The lowest BCUT2D eigenvalue weighted by Crippen LogP contribution is -2.32. The van der Waals surface area contributed by atoms with Crippen LogP contribution in [0.2, 0.25) is 0 Å². The van der Waals surface area contributed by atoms with Gasteiger partial charge in [-0.2, -0.15) is 0 Å². The zero-order valence-electron chi connectivity index (χ0n) is 9.60. The Kier molecular flexibility index (Phi) is 2.68. The van der Waals surface area contributed by atoms with E-state index in [1.165, 1.54) is 12.8 Å². The van der Waals surface area contributed by atoms with E-state index in [1.807, 2.05) is 12.1 Å². The largest absolute Gasteiger partial charge is 0.319 e. The second-order valence-corrected chi connectivity index (χ2v) is 5.50. The molecule has 0 amide bonds. The summed E-state index contributed by atoms with van der Waals surface area (Å²) in [4.78, 5) is 8.72. The number of nitrogens with zero attached hydrogens (tertiary/aromatic N) is 2. The SMILES string of the molecule is NC1(c2nc(-c3ccncc3)cs2)CCCC1. The van der Waals surface area contributed by atoms with Crippen molar-refractivity contribution in [2.75, 3.05) is 0 Å². The first-order chi connectivity index (χ1) is 8.28. The van der Waals surface area contributed by atoms with E-state index in [2.05, 4.69) is 10.4 Å². The molecule has 2 N–H and O–H groups in total. The number of hydrogen-bond donors (Lipinski definition) is 1. The first-order valence-electron chi connectivity index (χ1n) is 5.93. The summed E-state index contributed by atoms with van der Waals surface area (Å²) in [7, 11) is 0. The molecule has 3 nitrogen and oxygen atoms in total. The van der Waals surface area contributed by atoms with Gasteiger partial charge in [-0.1, -0.05) is 12.8 Å². The molecule has 17 heavy (non-hydrogen) atoms. The molecule has 0 bridgehead atoms. The molecule has 1 aliphatic rings. The molecule has 0 saturated heterocycles. The van der Waals surface area contributed by atoms with Crippen molar-refractivity contribution in [3.05, 3.63) is 34.9 Å². The summed E-state index contributed by atoms with van der Waals surface area (Å²) >= 11 is 1.68. The molecule has 1 aliphatic carbocycles. The fourth-order valence-corrected chi connectivity index (χ4v) is 3.38. The second kappa shape index (κ2) is 4.20. The topological polar surface area (TPSA) is 51.8 Å². The van der Waals surface area contributed by atoms with E-state index in [0.717, 1.165) is 29.1 Å². The van der Waals surface area contributed by atoms with Gasteiger partial charge in [0.1, 0.15) is 5.01 Å². The molecule has 0 aliphatic heterocycles. The highest BCUT2D eigenvalue weighted by atomic mass is 32.1. The van der Waals surface area contributed by atoms with E-state index in [9.17, 15) is 0 Å². The van der Waals surface area contributed by atoms with Gasteiger partial charge in [-0.3, -0.25) is 4.98 Å². The van der Waals surface area contributed by atoms with E-state index in [4.69, 9.17) is 10.7 Å². The lowest BCUT2D eigenvalue weighted by atomic mass is 10.0. The first-order valence-corrected chi connectivity index (χ1v) is 6.81. The number of hydrogen-bond acceptors (Lipinski definition) is 4. The average Bonchev–Trinajstić information content (AvgIpc) is 2.99. The Morgan fingerprint density at radius 3 is 2.59 bits per heavy atom. The van der Waals surface area contributed by atoms with E-state index in [-0.39, 0.29) is 5.54 Å². The summed E-state index contributed by atoms with van der Waals surface area (Å²) in [6, 6.07) is 3.97. The van der Waals surface area contributed by atoms with Gasteiger partial charge in [0, 0.05) is 23.3 Å². The molecule has 2 aromatic heterocycles. The number of thiazole rings is 1. The van der Waals surface area contributed by atoms with Gasteiger partial charge in [0.15, 0.2) is 0 Å². The highest BCUT2D eigenvalue weighted by Gasteiger charge is 2.34. The summed E-state index contributed by atoms with van der Waals surface area (Å²) in [5, 5.41) is 3.18. The molecule has 4 heteroatoms. The van der Waals surface area contributed by atoms with Gasteiger partial charge < -0.3 is 5.73 Å². The standard InChI is InChI=1S/C13H15N3S/c14-13(5-1-2-6-13)12-16-11(9-17-12)10-3-7-15-8-4-10/h3-4,7-9H,1-2,5-6,14H2. The van der Waals surface area contributed by atoms with Gasteiger partial charge >= 0.3 is 0 Å². The van der Waals surface area contributed by atoms with Crippen molar-refractivity contribution in [2.24, 2.45) is 5.73 Å². The van der Waals surface area contributed by atoms with Crippen LogP contribution in [0.15, 0.2) is 29.9 Å². The zero-order valence-corrected chi connectivity index (χ0v) is 10.4. The van der Waals surface area contributed by atoms with Gasteiger partial charge in [0.25, 0.3) is 0 Å². The number of nitrogens with two attached hydrogens (primary N) is 1. The van der Waals surface area contributed by atoms with Crippen molar-refractivity contribution in [3.8, 4) is 11.3 Å². The van der Waals surface area contributed by atoms with Crippen LogP contribution in [-0.4, -0.2) is 9.97 Å². The molecule has 2 heterocycles. The van der Waals surface area contributed by atoms with Gasteiger partial charge in [0.2, 0.25) is 0 Å². The summed E-state index contributed by atoms with van der Waals surface area (Å²) < 4.78 is 0. The lowest BCUT2D eigenvalue weighted by molar-refractivity contribution is 0.459. The molecular formula is C13H15N3S. The highest BCUT2D eigenvalue weighted by Crippen LogP contribution is 2.38. The van der Waals surface area contributed by atoms with E-state index >= 15 is 0 Å². The molecule has 0 atom stereocenters. The van der Waals surface area contributed by atoms with Crippen molar-refractivity contribution >= 4 is 11.3 Å². The Hall–Kier alpha value is -1.26. The number of aromatic nitrogens is 2. The third kappa shape index (κ3) is 1.98. The fourth-order valence-electron chi connectivity index (χ4n) is 2.38. The second-order valence-electron chi connectivity index (χ2n) is 4.64. The van der Waals surface area contributed by atoms with Crippen molar-refractivity contribution in [1.29, 1.82) is 0 Å². The normalized spacial score (nSPS) is 18.4. The summed E-state index contributed by atoms with van der Waals surface area (Å²) in [5.41, 5.74) is 8.37. The predicted octanol–water partition coefficient (Wildman–Crippen LogP) is 2.93. The van der Waals surface area contributed by atoms with Crippen LogP contribution in [0.4, 0.5) is 0 Å². The maximum absolute atomic E-state index is 6.41. The quantitative estimate of drug-likeness (QED) is 0.885. The fraction of sp³-hybridized carbons (Fsp3) is 0.385. The average molecular weight is 245 g/mol. The zero-order chi connectivity index (χ0) is 11.7. The van der Waals surface area contributed by atoms with Gasteiger partial charge in [-0.25, -0.2) is 4.98 Å². The van der Waals surface area contributed by atoms with Gasteiger partial charge in [-0.15, -0.1) is 11.3 Å². The van der Waals surface area contributed by atoms with Crippen LogP contribution in [0.5, 0.6) is 0 Å². The molecule has 1 saturated carbocycles. The maximum atomic E-state index is 6.41. The maximum Gasteiger partial charge on any atom is 0.113 e. The minimum Gasteiger partial charge on any atom is -0.319 e. The minimum atomic E-state index is -0.171. The molecule has 0 spiro atoms. The van der Waals surface area contributed by atoms with E-state index in [0.29, 0.717) is 0 Å². The summed E-state index contributed by atoms with van der Waals surface area (Å²) in [6.45, 7) is 0. The van der Waals surface area contributed by atoms with Crippen LogP contribution < -0.4 is 5.73 Å². The lowest BCUT2D eigenvalue weighted by Gasteiger charge is -2.19. The Bertz CT molecular complexity index is 500. The van der Waals surface area contributed by atoms with Crippen LogP contribution in [0.1, 0.15) is 30.7 Å². The predicted molar refractivity (Wildman–Crippen MR) is 69.7 cm³/mol. The molecule has 3 rings (SSSR count). The van der Waals surface area contributed by atoms with Gasteiger partial charge in [-0.05, 0) is 25.0 Å². The van der Waals surface area contributed by atoms with E-state index in [1.54, 1.807) is 23.7 Å². The Morgan fingerprint density at radius 1 is 1.18 bits per heavy atom. The smallest absolute Gasteiger partial charge is 0.113 e. The molecule has 0 unspecified atom stereocenters. The molecule has 0 radical (unpaired) electrons. The number of pyridine rings is 1. The number of rotatable bonds is 2. The Labute approximate surface area is 105 Å². The van der Waals surface area contributed by atoms with Gasteiger partial charge in [0.05, 0.1) is 11.2 Å². The Morgan fingerprint density at radius 2 is 1.88 bits per heavy atom. The molecule has 88 valence electrons. The molecular weight excluding hydrogens is 230 g/mol. The third-order valence-electron chi connectivity index (χ3n) is 3.40. The Balaban J connectivity index is 1.93. The van der Waals surface area contributed by atoms with Crippen molar-refractivity contribution in [2.45, 2.75) is 31.2 Å². The van der Waals surface area contributed by atoms with Crippen LogP contribution in [0, 0.1) is 0 Å². The molecule has 2 aromatic rings. The minimum absolute atomic E-state index is 0.171. The van der Waals surface area contributed by atoms with E-state index < -0.39 is 0 Å². The highest BCUT2D eigenvalue weighted by molar-refractivity contribution is 7.10. The van der Waals surface area contributed by atoms with Crippen molar-refractivity contribution in [1.82, 2.24) is 9.97 Å². The van der Waals surface area contributed by atoms with Crippen LogP contribution in [0.25, 0.3) is 11.3 Å².